The van der Waals surface area contributed by atoms with E-state index in [2.05, 4.69) is 16.4 Å². The highest BCUT2D eigenvalue weighted by Gasteiger charge is 2.04. The van der Waals surface area contributed by atoms with Crippen molar-refractivity contribution < 1.29 is 9.47 Å². The molecule has 0 unspecified atom stereocenters. The SMILES string of the molecule is CNCc1cccc(OCc2cccnc2OC)c1. The molecule has 2 rings (SSSR count). The van der Waals surface area contributed by atoms with Gasteiger partial charge < -0.3 is 14.8 Å². The van der Waals surface area contributed by atoms with E-state index in [1.807, 2.05) is 37.4 Å². The normalized spacial score (nSPS) is 10.2. The minimum absolute atomic E-state index is 0.444. The Bertz CT molecular complexity index is 529. The third kappa shape index (κ3) is 3.69. The topological polar surface area (TPSA) is 43.4 Å². The predicted molar refractivity (Wildman–Crippen MR) is 74.3 cm³/mol. The molecule has 4 nitrogen and oxygen atoms in total. The fourth-order valence-electron chi connectivity index (χ4n) is 1.83. The second-order valence-corrected chi connectivity index (χ2v) is 4.14. The van der Waals surface area contributed by atoms with Crippen LogP contribution in [0.3, 0.4) is 0 Å². The first-order valence-electron chi connectivity index (χ1n) is 6.17. The smallest absolute Gasteiger partial charge is 0.219 e. The molecule has 0 atom stereocenters. The molecule has 0 amide bonds. The van der Waals surface area contributed by atoms with Gasteiger partial charge in [-0.2, -0.15) is 0 Å². The number of nitrogens with one attached hydrogen (secondary N) is 1. The number of pyridine rings is 1. The summed E-state index contributed by atoms with van der Waals surface area (Å²) in [5, 5.41) is 3.12. The third-order valence-electron chi connectivity index (χ3n) is 2.72. The molecule has 0 saturated heterocycles. The van der Waals surface area contributed by atoms with Gasteiger partial charge in [0.05, 0.1) is 12.7 Å². The lowest BCUT2D eigenvalue weighted by Gasteiger charge is -2.10. The molecule has 0 aliphatic heterocycles. The number of hydrogen-bond acceptors (Lipinski definition) is 4. The van der Waals surface area contributed by atoms with Crippen LogP contribution in [-0.4, -0.2) is 19.1 Å². The van der Waals surface area contributed by atoms with Crippen LogP contribution in [0.4, 0.5) is 0 Å². The van der Waals surface area contributed by atoms with E-state index in [9.17, 15) is 0 Å². The molecule has 2 aromatic rings. The van der Waals surface area contributed by atoms with Crippen molar-refractivity contribution >= 4 is 0 Å². The van der Waals surface area contributed by atoms with Crippen LogP contribution >= 0.6 is 0 Å². The Labute approximate surface area is 113 Å². The summed E-state index contributed by atoms with van der Waals surface area (Å²) in [7, 11) is 3.54. The number of rotatable bonds is 6. The Morgan fingerprint density at radius 1 is 1.21 bits per heavy atom. The summed E-state index contributed by atoms with van der Waals surface area (Å²) in [5.41, 5.74) is 2.13. The van der Waals surface area contributed by atoms with Gasteiger partial charge in [0, 0.05) is 12.7 Å². The number of ether oxygens (including phenoxy) is 2. The zero-order valence-electron chi connectivity index (χ0n) is 11.2. The minimum Gasteiger partial charge on any atom is -0.489 e. The van der Waals surface area contributed by atoms with E-state index in [4.69, 9.17) is 9.47 Å². The van der Waals surface area contributed by atoms with Gasteiger partial charge in [0.1, 0.15) is 12.4 Å². The summed E-state index contributed by atoms with van der Waals surface area (Å²) < 4.78 is 11.0. The average molecular weight is 258 g/mol. The van der Waals surface area contributed by atoms with Crippen LogP contribution < -0.4 is 14.8 Å². The van der Waals surface area contributed by atoms with E-state index in [1.54, 1.807) is 13.3 Å². The quantitative estimate of drug-likeness (QED) is 0.864. The third-order valence-corrected chi connectivity index (χ3v) is 2.72. The van der Waals surface area contributed by atoms with Crippen LogP contribution in [0.2, 0.25) is 0 Å². The van der Waals surface area contributed by atoms with Crippen molar-refractivity contribution in [1.82, 2.24) is 10.3 Å². The maximum absolute atomic E-state index is 5.77. The van der Waals surface area contributed by atoms with Crippen molar-refractivity contribution in [1.29, 1.82) is 0 Å². The van der Waals surface area contributed by atoms with E-state index in [1.165, 1.54) is 5.56 Å². The molecule has 0 saturated carbocycles. The van der Waals surface area contributed by atoms with Gasteiger partial charge in [0.2, 0.25) is 5.88 Å². The van der Waals surface area contributed by atoms with Gasteiger partial charge in [0.25, 0.3) is 0 Å². The summed E-state index contributed by atoms with van der Waals surface area (Å²) >= 11 is 0. The van der Waals surface area contributed by atoms with Gasteiger partial charge >= 0.3 is 0 Å². The number of aromatic nitrogens is 1. The zero-order chi connectivity index (χ0) is 13.5. The van der Waals surface area contributed by atoms with Gasteiger partial charge in [-0.1, -0.05) is 12.1 Å². The monoisotopic (exact) mass is 258 g/mol. The first-order valence-corrected chi connectivity index (χ1v) is 6.17. The van der Waals surface area contributed by atoms with Gasteiger partial charge in [-0.05, 0) is 36.9 Å². The molecule has 1 N–H and O–H groups in total. The van der Waals surface area contributed by atoms with Crippen LogP contribution in [0.25, 0.3) is 0 Å². The van der Waals surface area contributed by atoms with Crippen molar-refractivity contribution in [3.05, 3.63) is 53.7 Å². The maximum atomic E-state index is 5.77. The summed E-state index contributed by atoms with van der Waals surface area (Å²) in [6, 6.07) is 11.8. The number of methoxy groups -OCH3 is 1. The molecule has 4 heteroatoms. The van der Waals surface area contributed by atoms with Crippen molar-refractivity contribution in [2.24, 2.45) is 0 Å². The molecule has 0 aliphatic carbocycles. The van der Waals surface area contributed by atoms with Crippen LogP contribution in [0.15, 0.2) is 42.6 Å². The van der Waals surface area contributed by atoms with E-state index >= 15 is 0 Å². The summed E-state index contributed by atoms with van der Waals surface area (Å²) in [6.07, 6.45) is 1.70. The fourth-order valence-corrected chi connectivity index (χ4v) is 1.83. The number of benzene rings is 1. The second kappa shape index (κ2) is 6.75. The van der Waals surface area contributed by atoms with E-state index in [0.29, 0.717) is 12.5 Å². The predicted octanol–water partition coefficient (Wildman–Crippen LogP) is 2.39. The van der Waals surface area contributed by atoms with Crippen molar-refractivity contribution in [3.8, 4) is 11.6 Å². The second-order valence-electron chi connectivity index (χ2n) is 4.14. The number of hydrogen-bond donors (Lipinski definition) is 1. The van der Waals surface area contributed by atoms with Gasteiger partial charge in [0.15, 0.2) is 0 Å². The lowest BCUT2D eigenvalue weighted by atomic mass is 10.2. The molecule has 0 radical (unpaired) electrons. The van der Waals surface area contributed by atoms with Crippen molar-refractivity contribution in [2.45, 2.75) is 13.2 Å². The molecule has 0 spiro atoms. The van der Waals surface area contributed by atoms with Crippen LogP contribution in [0, 0.1) is 0 Å². The highest BCUT2D eigenvalue weighted by atomic mass is 16.5. The Morgan fingerprint density at radius 3 is 2.89 bits per heavy atom. The first-order chi connectivity index (χ1) is 9.33. The van der Waals surface area contributed by atoms with Crippen molar-refractivity contribution in [2.75, 3.05) is 14.2 Å². The van der Waals surface area contributed by atoms with Crippen LogP contribution in [0.1, 0.15) is 11.1 Å². The Morgan fingerprint density at radius 2 is 2.11 bits per heavy atom. The molecule has 1 heterocycles. The zero-order valence-corrected chi connectivity index (χ0v) is 11.2. The largest absolute Gasteiger partial charge is 0.489 e. The first kappa shape index (κ1) is 13.4. The van der Waals surface area contributed by atoms with Gasteiger partial charge in [-0.3, -0.25) is 0 Å². The molecule has 100 valence electrons. The highest BCUT2D eigenvalue weighted by Crippen LogP contribution is 2.18. The van der Waals surface area contributed by atoms with E-state index in [0.717, 1.165) is 17.9 Å². The van der Waals surface area contributed by atoms with Gasteiger partial charge in [-0.25, -0.2) is 4.98 Å². The Balaban J connectivity index is 2.03. The van der Waals surface area contributed by atoms with Crippen LogP contribution in [-0.2, 0) is 13.2 Å². The Hall–Kier alpha value is -2.07. The van der Waals surface area contributed by atoms with E-state index in [-0.39, 0.29) is 0 Å². The summed E-state index contributed by atoms with van der Waals surface area (Å²) in [6.45, 7) is 1.27. The molecule has 0 bridgehead atoms. The lowest BCUT2D eigenvalue weighted by Crippen LogP contribution is -2.05. The molecular formula is C15H18N2O2. The minimum atomic E-state index is 0.444. The molecule has 0 fully saturated rings. The lowest BCUT2D eigenvalue weighted by molar-refractivity contribution is 0.293. The Kier molecular flexibility index (Phi) is 4.75. The molecular weight excluding hydrogens is 240 g/mol. The summed E-state index contributed by atoms with van der Waals surface area (Å²) in [4.78, 5) is 4.14. The fraction of sp³-hybridized carbons (Fsp3) is 0.267. The maximum Gasteiger partial charge on any atom is 0.219 e. The van der Waals surface area contributed by atoms with Gasteiger partial charge in [-0.15, -0.1) is 0 Å². The molecule has 19 heavy (non-hydrogen) atoms. The number of nitrogens with zero attached hydrogens (tertiary/aromatic N) is 1. The summed E-state index contributed by atoms with van der Waals surface area (Å²) in [5.74, 6) is 1.45. The van der Waals surface area contributed by atoms with Crippen LogP contribution in [0.5, 0.6) is 11.6 Å². The average Bonchev–Trinajstić information content (AvgIpc) is 2.46. The molecule has 1 aromatic carbocycles. The van der Waals surface area contributed by atoms with E-state index < -0.39 is 0 Å². The van der Waals surface area contributed by atoms with Crippen molar-refractivity contribution in [3.63, 3.8) is 0 Å². The molecule has 0 aliphatic rings. The standard InChI is InChI=1S/C15H18N2O2/c1-16-10-12-5-3-7-14(9-12)19-11-13-6-4-8-17-15(13)18-2/h3-9,16H,10-11H2,1-2H3. The molecule has 1 aromatic heterocycles. The highest BCUT2D eigenvalue weighted by molar-refractivity contribution is 5.30.